The Morgan fingerprint density at radius 2 is 2.06 bits per heavy atom. The molecule has 1 aromatic carbocycles. The number of hydrogen-bond acceptors (Lipinski definition) is 1. The van der Waals surface area contributed by atoms with Crippen molar-refractivity contribution in [2.24, 2.45) is 7.05 Å². The molecule has 2 aromatic rings. The first-order valence-corrected chi connectivity index (χ1v) is 5.67. The number of aromatic nitrogens is 1. The summed E-state index contributed by atoms with van der Waals surface area (Å²) < 4.78 is 2.05. The summed E-state index contributed by atoms with van der Waals surface area (Å²) in [4.78, 5) is 10.9. The number of aryl methyl sites for hydroxylation is 1. The molecular weight excluding hydrogens is 214 g/mol. The number of carboxylic acids is 1. The second-order valence-electron chi connectivity index (χ2n) is 5.15. The van der Waals surface area contributed by atoms with Crippen molar-refractivity contribution in [2.75, 3.05) is 0 Å². The minimum absolute atomic E-state index is 0.142. The van der Waals surface area contributed by atoms with Crippen LogP contribution in [0.25, 0.3) is 10.9 Å². The Balaban J connectivity index is 2.48. The van der Waals surface area contributed by atoms with E-state index >= 15 is 0 Å². The van der Waals surface area contributed by atoms with E-state index in [9.17, 15) is 4.79 Å². The van der Waals surface area contributed by atoms with Gasteiger partial charge in [-0.05, 0) is 23.1 Å². The zero-order chi connectivity index (χ0) is 12.6. The number of hydrogen-bond donors (Lipinski definition) is 1. The first kappa shape index (κ1) is 11.7. The van der Waals surface area contributed by atoms with Crippen LogP contribution in [0.4, 0.5) is 0 Å². The SMILES string of the molecule is Cn1ccc2ccc(C(C)(C)CC(=O)O)cc21. The van der Waals surface area contributed by atoms with Crippen molar-refractivity contribution in [3.05, 3.63) is 36.0 Å². The van der Waals surface area contributed by atoms with Crippen LogP contribution in [0.15, 0.2) is 30.5 Å². The van der Waals surface area contributed by atoms with Crippen molar-refractivity contribution in [2.45, 2.75) is 25.7 Å². The Labute approximate surface area is 101 Å². The number of nitrogens with zero attached hydrogens (tertiary/aromatic N) is 1. The predicted octanol–water partition coefficient (Wildman–Crippen LogP) is 2.93. The van der Waals surface area contributed by atoms with Gasteiger partial charge in [-0.2, -0.15) is 0 Å². The molecule has 1 N–H and O–H groups in total. The topological polar surface area (TPSA) is 42.2 Å². The number of fused-ring (bicyclic) bond motifs is 1. The maximum atomic E-state index is 10.9. The summed E-state index contributed by atoms with van der Waals surface area (Å²) in [6.45, 7) is 3.93. The smallest absolute Gasteiger partial charge is 0.304 e. The Morgan fingerprint density at radius 1 is 1.35 bits per heavy atom. The molecule has 0 aliphatic heterocycles. The van der Waals surface area contributed by atoms with Crippen molar-refractivity contribution in [1.29, 1.82) is 0 Å². The highest BCUT2D eigenvalue weighted by Gasteiger charge is 2.24. The van der Waals surface area contributed by atoms with E-state index in [1.807, 2.05) is 39.2 Å². The lowest BCUT2D eigenvalue weighted by atomic mass is 9.81. The van der Waals surface area contributed by atoms with E-state index < -0.39 is 5.97 Å². The average molecular weight is 231 g/mol. The molecule has 0 atom stereocenters. The standard InChI is InChI=1S/C14H17NO2/c1-14(2,9-13(16)17)11-5-4-10-6-7-15(3)12(10)8-11/h4-8H,9H2,1-3H3,(H,16,17). The summed E-state index contributed by atoms with van der Waals surface area (Å²) in [6.07, 6.45) is 2.15. The summed E-state index contributed by atoms with van der Waals surface area (Å²) in [5.74, 6) is -0.762. The normalized spacial score (nSPS) is 11.9. The molecule has 90 valence electrons. The van der Waals surface area contributed by atoms with Crippen LogP contribution in [0.5, 0.6) is 0 Å². The molecule has 1 aromatic heterocycles. The van der Waals surface area contributed by atoms with E-state index in [4.69, 9.17) is 5.11 Å². The van der Waals surface area contributed by atoms with Crippen LogP contribution in [0.2, 0.25) is 0 Å². The van der Waals surface area contributed by atoms with Gasteiger partial charge in [-0.15, -0.1) is 0 Å². The Bertz CT molecular complexity index is 567. The van der Waals surface area contributed by atoms with E-state index in [1.165, 1.54) is 5.39 Å². The van der Waals surface area contributed by atoms with Gasteiger partial charge in [0.25, 0.3) is 0 Å². The van der Waals surface area contributed by atoms with Gasteiger partial charge in [0.2, 0.25) is 0 Å². The Kier molecular flexibility index (Phi) is 2.69. The van der Waals surface area contributed by atoms with Crippen molar-refractivity contribution in [3.8, 4) is 0 Å². The lowest BCUT2D eigenvalue weighted by Crippen LogP contribution is -2.21. The third kappa shape index (κ3) is 2.18. The third-order valence-electron chi connectivity index (χ3n) is 3.26. The quantitative estimate of drug-likeness (QED) is 0.882. The van der Waals surface area contributed by atoms with Crippen molar-refractivity contribution < 1.29 is 9.90 Å². The van der Waals surface area contributed by atoms with Gasteiger partial charge in [0, 0.05) is 24.2 Å². The van der Waals surface area contributed by atoms with Crippen molar-refractivity contribution >= 4 is 16.9 Å². The number of benzene rings is 1. The maximum Gasteiger partial charge on any atom is 0.304 e. The van der Waals surface area contributed by atoms with Crippen molar-refractivity contribution in [1.82, 2.24) is 4.57 Å². The van der Waals surface area contributed by atoms with E-state index in [0.717, 1.165) is 11.1 Å². The van der Waals surface area contributed by atoms with E-state index in [0.29, 0.717) is 0 Å². The van der Waals surface area contributed by atoms with E-state index in [1.54, 1.807) is 0 Å². The van der Waals surface area contributed by atoms with Gasteiger partial charge in [-0.1, -0.05) is 26.0 Å². The zero-order valence-corrected chi connectivity index (χ0v) is 10.4. The third-order valence-corrected chi connectivity index (χ3v) is 3.26. The first-order chi connectivity index (χ1) is 7.90. The average Bonchev–Trinajstić information content (AvgIpc) is 2.58. The Hall–Kier alpha value is -1.77. The lowest BCUT2D eigenvalue weighted by Gasteiger charge is -2.23. The van der Waals surface area contributed by atoms with Crippen LogP contribution < -0.4 is 0 Å². The summed E-state index contributed by atoms with van der Waals surface area (Å²) in [5, 5.41) is 10.1. The van der Waals surface area contributed by atoms with Crippen LogP contribution in [0.3, 0.4) is 0 Å². The largest absolute Gasteiger partial charge is 0.481 e. The lowest BCUT2D eigenvalue weighted by molar-refractivity contribution is -0.138. The van der Waals surface area contributed by atoms with E-state index in [2.05, 4.69) is 16.7 Å². The summed E-state index contributed by atoms with van der Waals surface area (Å²) in [7, 11) is 2.00. The van der Waals surface area contributed by atoms with Crippen LogP contribution in [-0.2, 0) is 17.3 Å². The maximum absolute atomic E-state index is 10.9. The molecule has 3 nitrogen and oxygen atoms in total. The number of carboxylic acid groups (broad SMARTS) is 1. The fourth-order valence-electron chi connectivity index (χ4n) is 2.16. The molecule has 0 aliphatic carbocycles. The van der Waals surface area contributed by atoms with Gasteiger partial charge in [-0.3, -0.25) is 4.79 Å². The molecule has 0 fully saturated rings. The molecule has 0 unspecified atom stereocenters. The summed E-state index contributed by atoms with van der Waals surface area (Å²) in [5.41, 5.74) is 1.86. The molecule has 17 heavy (non-hydrogen) atoms. The second kappa shape index (κ2) is 3.91. The molecule has 0 aliphatic rings. The van der Waals surface area contributed by atoms with Crippen LogP contribution in [0.1, 0.15) is 25.8 Å². The molecule has 0 saturated heterocycles. The van der Waals surface area contributed by atoms with Gasteiger partial charge in [0.1, 0.15) is 0 Å². The molecule has 2 rings (SSSR count). The molecule has 0 amide bonds. The molecule has 0 saturated carbocycles. The van der Waals surface area contributed by atoms with Gasteiger partial charge in [0.05, 0.1) is 6.42 Å². The zero-order valence-electron chi connectivity index (χ0n) is 10.4. The van der Waals surface area contributed by atoms with Crippen LogP contribution >= 0.6 is 0 Å². The molecule has 0 spiro atoms. The van der Waals surface area contributed by atoms with Crippen LogP contribution in [-0.4, -0.2) is 15.6 Å². The number of rotatable bonds is 3. The molecular formula is C14H17NO2. The minimum atomic E-state index is -0.762. The summed E-state index contributed by atoms with van der Waals surface area (Å²) in [6, 6.07) is 8.21. The summed E-state index contributed by atoms with van der Waals surface area (Å²) >= 11 is 0. The fourth-order valence-corrected chi connectivity index (χ4v) is 2.16. The van der Waals surface area contributed by atoms with Gasteiger partial charge < -0.3 is 9.67 Å². The van der Waals surface area contributed by atoms with Crippen LogP contribution in [0, 0.1) is 0 Å². The molecule has 3 heteroatoms. The Morgan fingerprint density at radius 3 is 2.71 bits per heavy atom. The monoisotopic (exact) mass is 231 g/mol. The van der Waals surface area contributed by atoms with Gasteiger partial charge in [0.15, 0.2) is 0 Å². The number of aliphatic carboxylic acids is 1. The van der Waals surface area contributed by atoms with E-state index in [-0.39, 0.29) is 11.8 Å². The highest BCUT2D eigenvalue weighted by Crippen LogP contribution is 2.29. The molecule has 1 heterocycles. The fraction of sp³-hybridized carbons (Fsp3) is 0.357. The van der Waals surface area contributed by atoms with Crippen molar-refractivity contribution in [3.63, 3.8) is 0 Å². The molecule has 0 radical (unpaired) electrons. The highest BCUT2D eigenvalue weighted by molar-refractivity contribution is 5.81. The minimum Gasteiger partial charge on any atom is -0.481 e. The first-order valence-electron chi connectivity index (χ1n) is 5.67. The highest BCUT2D eigenvalue weighted by atomic mass is 16.4. The second-order valence-corrected chi connectivity index (χ2v) is 5.15. The number of carbonyl (C=O) groups is 1. The predicted molar refractivity (Wildman–Crippen MR) is 68.2 cm³/mol. The molecule has 0 bridgehead atoms. The van der Waals surface area contributed by atoms with Gasteiger partial charge >= 0.3 is 5.97 Å². The van der Waals surface area contributed by atoms with Gasteiger partial charge in [-0.25, -0.2) is 0 Å².